The monoisotopic (exact) mass is 380 g/mol. The average Bonchev–Trinajstić information content (AvgIpc) is 2.79. The largest absolute Gasteiger partial charge is 0.379 e. The standard InChI is InChI=1S/C13H10Br2N4/c14-9-2-1-3-10(4-9)16-5-11-6-18-13-7-17-12(15)8-19(11)13/h1-4,6-8,16H,5H2. The number of halogens is 2. The van der Waals surface area contributed by atoms with E-state index in [9.17, 15) is 0 Å². The summed E-state index contributed by atoms with van der Waals surface area (Å²) < 4.78 is 3.87. The third-order valence-corrected chi connectivity index (χ3v) is 3.64. The second kappa shape index (κ2) is 5.30. The molecule has 3 rings (SSSR count). The van der Waals surface area contributed by atoms with Crippen LogP contribution in [0.4, 0.5) is 5.69 Å². The van der Waals surface area contributed by atoms with E-state index in [0.717, 1.165) is 26.1 Å². The van der Waals surface area contributed by atoms with Gasteiger partial charge in [-0.2, -0.15) is 0 Å². The summed E-state index contributed by atoms with van der Waals surface area (Å²) in [5.41, 5.74) is 2.99. The molecule has 19 heavy (non-hydrogen) atoms. The second-order valence-corrected chi connectivity index (χ2v) is 5.78. The fraction of sp³-hybridized carbons (Fsp3) is 0.0769. The molecule has 3 aromatic rings. The first-order chi connectivity index (χ1) is 9.22. The normalized spacial score (nSPS) is 10.8. The van der Waals surface area contributed by atoms with Crippen LogP contribution in [0.3, 0.4) is 0 Å². The predicted molar refractivity (Wildman–Crippen MR) is 82.2 cm³/mol. The van der Waals surface area contributed by atoms with E-state index in [1.807, 2.05) is 41.1 Å². The van der Waals surface area contributed by atoms with Crippen LogP contribution in [0.15, 0.2) is 51.9 Å². The lowest BCUT2D eigenvalue weighted by Gasteiger charge is -2.06. The molecule has 2 aromatic heterocycles. The third-order valence-electron chi connectivity index (χ3n) is 2.74. The molecule has 0 amide bonds. The van der Waals surface area contributed by atoms with Gasteiger partial charge in [0.15, 0.2) is 5.65 Å². The first-order valence-corrected chi connectivity index (χ1v) is 7.28. The number of nitrogens with zero attached hydrogens (tertiary/aromatic N) is 3. The summed E-state index contributed by atoms with van der Waals surface area (Å²) in [5, 5.41) is 3.37. The van der Waals surface area contributed by atoms with Crippen LogP contribution in [0.5, 0.6) is 0 Å². The Morgan fingerprint density at radius 2 is 2.05 bits per heavy atom. The van der Waals surface area contributed by atoms with Gasteiger partial charge >= 0.3 is 0 Å². The lowest BCUT2D eigenvalue weighted by molar-refractivity contribution is 0.983. The molecular weight excluding hydrogens is 372 g/mol. The summed E-state index contributed by atoms with van der Waals surface area (Å²) in [6, 6.07) is 8.08. The molecule has 6 heteroatoms. The summed E-state index contributed by atoms with van der Waals surface area (Å²) in [4.78, 5) is 8.48. The molecule has 0 unspecified atom stereocenters. The van der Waals surface area contributed by atoms with Crippen molar-refractivity contribution in [1.82, 2.24) is 14.4 Å². The van der Waals surface area contributed by atoms with Crippen LogP contribution in [-0.4, -0.2) is 14.4 Å². The molecule has 0 fully saturated rings. The molecule has 1 aromatic carbocycles. The SMILES string of the molecule is Brc1cccc(NCc2cnc3cnc(Br)cn23)c1. The zero-order valence-electron chi connectivity index (χ0n) is 9.85. The zero-order valence-corrected chi connectivity index (χ0v) is 13.0. The predicted octanol–water partition coefficient (Wildman–Crippen LogP) is 3.87. The van der Waals surface area contributed by atoms with E-state index in [1.54, 1.807) is 6.20 Å². The average molecular weight is 382 g/mol. The molecule has 0 radical (unpaired) electrons. The maximum atomic E-state index is 4.32. The van der Waals surface area contributed by atoms with Crippen molar-refractivity contribution in [1.29, 1.82) is 0 Å². The Labute approximate surface area is 127 Å². The van der Waals surface area contributed by atoms with Crippen molar-refractivity contribution in [2.24, 2.45) is 0 Å². The van der Waals surface area contributed by atoms with E-state index in [-0.39, 0.29) is 0 Å². The number of nitrogens with one attached hydrogen (secondary N) is 1. The Balaban J connectivity index is 1.84. The van der Waals surface area contributed by atoms with E-state index < -0.39 is 0 Å². The summed E-state index contributed by atoms with van der Waals surface area (Å²) in [5.74, 6) is 0. The molecule has 0 saturated heterocycles. The smallest absolute Gasteiger partial charge is 0.155 e. The van der Waals surface area contributed by atoms with Crippen molar-refractivity contribution in [3.8, 4) is 0 Å². The molecule has 0 saturated carbocycles. The van der Waals surface area contributed by atoms with Gasteiger partial charge in [-0.05, 0) is 34.1 Å². The molecular formula is C13H10Br2N4. The van der Waals surface area contributed by atoms with Crippen LogP contribution in [0.25, 0.3) is 5.65 Å². The van der Waals surface area contributed by atoms with Crippen LogP contribution < -0.4 is 5.32 Å². The first kappa shape index (κ1) is 12.6. The van der Waals surface area contributed by atoms with Gasteiger partial charge in [0.05, 0.1) is 24.6 Å². The van der Waals surface area contributed by atoms with Gasteiger partial charge in [-0.15, -0.1) is 0 Å². The van der Waals surface area contributed by atoms with Gasteiger partial charge in [0.25, 0.3) is 0 Å². The summed E-state index contributed by atoms with van der Waals surface area (Å²) >= 11 is 6.83. The highest BCUT2D eigenvalue weighted by atomic mass is 79.9. The Kier molecular flexibility index (Phi) is 3.52. The number of hydrogen-bond donors (Lipinski definition) is 1. The maximum absolute atomic E-state index is 4.32. The molecule has 0 atom stereocenters. The van der Waals surface area contributed by atoms with Gasteiger partial charge < -0.3 is 5.32 Å². The molecule has 1 N–H and O–H groups in total. The van der Waals surface area contributed by atoms with Crippen molar-refractivity contribution < 1.29 is 0 Å². The molecule has 0 aliphatic rings. The van der Waals surface area contributed by atoms with Crippen molar-refractivity contribution >= 4 is 43.2 Å². The molecule has 96 valence electrons. The highest BCUT2D eigenvalue weighted by Gasteiger charge is 2.04. The highest BCUT2D eigenvalue weighted by Crippen LogP contribution is 2.17. The van der Waals surface area contributed by atoms with E-state index in [0.29, 0.717) is 6.54 Å². The van der Waals surface area contributed by atoms with Gasteiger partial charge in [0.1, 0.15) is 4.60 Å². The third kappa shape index (κ3) is 2.79. The van der Waals surface area contributed by atoms with Crippen LogP contribution in [0.1, 0.15) is 5.69 Å². The summed E-state index contributed by atoms with van der Waals surface area (Å²) in [6.45, 7) is 0.702. The van der Waals surface area contributed by atoms with Gasteiger partial charge in [-0.3, -0.25) is 4.40 Å². The number of anilines is 1. The Morgan fingerprint density at radius 1 is 1.16 bits per heavy atom. The van der Waals surface area contributed by atoms with Crippen LogP contribution >= 0.6 is 31.9 Å². The van der Waals surface area contributed by atoms with Crippen molar-refractivity contribution in [3.63, 3.8) is 0 Å². The summed E-state index contributed by atoms with van der Waals surface area (Å²) in [6.07, 6.45) is 5.52. The van der Waals surface area contributed by atoms with E-state index in [2.05, 4.69) is 47.1 Å². The Morgan fingerprint density at radius 3 is 2.89 bits per heavy atom. The molecule has 0 spiro atoms. The highest BCUT2D eigenvalue weighted by molar-refractivity contribution is 9.10. The molecule has 0 bridgehead atoms. The number of hydrogen-bond acceptors (Lipinski definition) is 3. The van der Waals surface area contributed by atoms with E-state index in [1.165, 1.54) is 0 Å². The molecule has 2 heterocycles. The fourth-order valence-corrected chi connectivity index (χ4v) is 2.54. The topological polar surface area (TPSA) is 42.2 Å². The first-order valence-electron chi connectivity index (χ1n) is 5.69. The lowest BCUT2D eigenvalue weighted by Crippen LogP contribution is -2.02. The number of fused-ring (bicyclic) bond motifs is 1. The van der Waals surface area contributed by atoms with Crippen molar-refractivity contribution in [2.45, 2.75) is 6.54 Å². The van der Waals surface area contributed by atoms with Gasteiger partial charge in [0, 0.05) is 16.4 Å². The van der Waals surface area contributed by atoms with Gasteiger partial charge in [-0.25, -0.2) is 9.97 Å². The summed E-state index contributed by atoms with van der Waals surface area (Å²) in [7, 11) is 0. The Hall–Kier alpha value is -1.40. The van der Waals surface area contributed by atoms with Gasteiger partial charge in [-0.1, -0.05) is 22.0 Å². The van der Waals surface area contributed by atoms with Gasteiger partial charge in [0.2, 0.25) is 0 Å². The Bertz CT molecular complexity index is 723. The molecule has 0 aliphatic carbocycles. The minimum absolute atomic E-state index is 0.702. The minimum atomic E-state index is 0.702. The quantitative estimate of drug-likeness (QED) is 0.748. The molecule has 4 nitrogen and oxygen atoms in total. The van der Waals surface area contributed by atoms with Crippen molar-refractivity contribution in [2.75, 3.05) is 5.32 Å². The van der Waals surface area contributed by atoms with E-state index in [4.69, 9.17) is 0 Å². The van der Waals surface area contributed by atoms with Crippen LogP contribution in [0.2, 0.25) is 0 Å². The van der Waals surface area contributed by atoms with Crippen LogP contribution in [-0.2, 0) is 6.54 Å². The van der Waals surface area contributed by atoms with E-state index >= 15 is 0 Å². The minimum Gasteiger partial charge on any atom is -0.379 e. The number of rotatable bonds is 3. The number of aromatic nitrogens is 3. The fourth-order valence-electron chi connectivity index (χ4n) is 1.84. The lowest BCUT2D eigenvalue weighted by atomic mass is 10.3. The molecule has 0 aliphatic heterocycles. The zero-order chi connectivity index (χ0) is 13.2. The number of imidazole rings is 1. The van der Waals surface area contributed by atoms with Crippen molar-refractivity contribution in [3.05, 3.63) is 57.6 Å². The van der Waals surface area contributed by atoms with Crippen LogP contribution in [0, 0.1) is 0 Å². The maximum Gasteiger partial charge on any atom is 0.155 e. The second-order valence-electron chi connectivity index (χ2n) is 4.05. The number of benzene rings is 1.